The summed E-state index contributed by atoms with van der Waals surface area (Å²) in [4.78, 5) is 0. The fourth-order valence-corrected chi connectivity index (χ4v) is 3.50. The van der Waals surface area contributed by atoms with E-state index in [4.69, 9.17) is 9.47 Å². The van der Waals surface area contributed by atoms with Crippen molar-refractivity contribution in [1.29, 1.82) is 0 Å². The maximum absolute atomic E-state index is 5.75. The lowest BCUT2D eigenvalue weighted by atomic mass is 9.95. The molecule has 2 heteroatoms. The molecule has 4 rings (SSSR count). The fraction of sp³-hybridized carbons (Fsp3) is 0.154. The second-order valence-corrected chi connectivity index (χ2v) is 7.03. The van der Waals surface area contributed by atoms with Gasteiger partial charge in [-0.3, -0.25) is 0 Å². The standard InChI is InChI=1S/C26H24O2/c1-4-20-9-8-18(2)22(16-20)11-10-21-6-5-7-24(19(21)3)23-12-13-25-26(17-23)28-15-14-27-25/h4-13,16-17H,1,14-15H2,2-3H3/b11-10+. The summed E-state index contributed by atoms with van der Waals surface area (Å²) in [6.45, 7) is 9.37. The number of rotatable bonds is 4. The summed E-state index contributed by atoms with van der Waals surface area (Å²) in [5.41, 5.74) is 8.39. The van der Waals surface area contributed by atoms with Gasteiger partial charge in [-0.1, -0.05) is 61.2 Å². The summed E-state index contributed by atoms with van der Waals surface area (Å²) in [5, 5.41) is 0. The molecule has 0 atom stereocenters. The van der Waals surface area contributed by atoms with Gasteiger partial charge in [0.1, 0.15) is 13.2 Å². The molecule has 0 amide bonds. The molecule has 1 aliphatic heterocycles. The minimum absolute atomic E-state index is 0.599. The molecule has 0 fully saturated rings. The lowest BCUT2D eigenvalue weighted by molar-refractivity contribution is 0.171. The summed E-state index contributed by atoms with van der Waals surface area (Å²) >= 11 is 0. The van der Waals surface area contributed by atoms with Gasteiger partial charge in [-0.05, 0) is 71.0 Å². The number of benzene rings is 3. The summed E-state index contributed by atoms with van der Waals surface area (Å²) < 4.78 is 11.4. The van der Waals surface area contributed by atoms with Crippen LogP contribution in [-0.4, -0.2) is 13.2 Å². The van der Waals surface area contributed by atoms with Crippen molar-refractivity contribution in [2.24, 2.45) is 0 Å². The van der Waals surface area contributed by atoms with Gasteiger partial charge in [-0.2, -0.15) is 0 Å². The molecule has 0 bridgehead atoms. The SMILES string of the molecule is C=Cc1ccc(C)c(/C=C/c2cccc(-c3ccc4c(c3)OCCO4)c2C)c1. The highest BCUT2D eigenvalue weighted by molar-refractivity contribution is 5.79. The zero-order valence-electron chi connectivity index (χ0n) is 16.4. The Morgan fingerprint density at radius 3 is 2.43 bits per heavy atom. The van der Waals surface area contributed by atoms with Gasteiger partial charge in [0.15, 0.2) is 11.5 Å². The minimum atomic E-state index is 0.599. The van der Waals surface area contributed by atoms with Crippen LogP contribution in [0.25, 0.3) is 29.4 Å². The molecular weight excluding hydrogens is 344 g/mol. The highest BCUT2D eigenvalue weighted by Crippen LogP contribution is 2.36. The third kappa shape index (κ3) is 3.59. The van der Waals surface area contributed by atoms with E-state index in [0.29, 0.717) is 13.2 Å². The van der Waals surface area contributed by atoms with E-state index in [1.807, 2.05) is 12.1 Å². The van der Waals surface area contributed by atoms with E-state index in [-0.39, 0.29) is 0 Å². The Morgan fingerprint density at radius 2 is 1.61 bits per heavy atom. The number of hydrogen-bond acceptors (Lipinski definition) is 2. The highest BCUT2D eigenvalue weighted by atomic mass is 16.6. The molecule has 0 saturated carbocycles. The average Bonchev–Trinajstić information content (AvgIpc) is 2.73. The van der Waals surface area contributed by atoms with Crippen molar-refractivity contribution >= 4 is 18.2 Å². The molecule has 0 unspecified atom stereocenters. The van der Waals surface area contributed by atoms with Crippen LogP contribution < -0.4 is 9.47 Å². The number of fused-ring (bicyclic) bond motifs is 1. The summed E-state index contributed by atoms with van der Waals surface area (Å²) in [6, 6.07) is 19.0. The zero-order chi connectivity index (χ0) is 19.5. The molecule has 3 aromatic carbocycles. The molecule has 0 aromatic heterocycles. The van der Waals surface area contributed by atoms with Gasteiger partial charge >= 0.3 is 0 Å². The highest BCUT2D eigenvalue weighted by Gasteiger charge is 2.13. The van der Waals surface area contributed by atoms with Crippen LogP contribution in [0.1, 0.15) is 27.8 Å². The number of hydrogen-bond donors (Lipinski definition) is 0. The second-order valence-electron chi connectivity index (χ2n) is 7.03. The molecule has 0 spiro atoms. The van der Waals surface area contributed by atoms with Crippen molar-refractivity contribution in [3.63, 3.8) is 0 Å². The average molecular weight is 368 g/mol. The molecule has 1 heterocycles. The van der Waals surface area contributed by atoms with Crippen molar-refractivity contribution < 1.29 is 9.47 Å². The Balaban J connectivity index is 1.69. The molecule has 1 aliphatic rings. The summed E-state index contributed by atoms with van der Waals surface area (Å²) in [6.07, 6.45) is 6.24. The van der Waals surface area contributed by atoms with Crippen LogP contribution in [0.4, 0.5) is 0 Å². The van der Waals surface area contributed by atoms with Crippen molar-refractivity contribution in [3.8, 4) is 22.6 Å². The first kappa shape index (κ1) is 18.1. The summed E-state index contributed by atoms with van der Waals surface area (Å²) in [7, 11) is 0. The molecule has 140 valence electrons. The van der Waals surface area contributed by atoms with Crippen LogP contribution in [0.5, 0.6) is 11.5 Å². The first-order valence-electron chi connectivity index (χ1n) is 9.56. The van der Waals surface area contributed by atoms with Gasteiger partial charge in [-0.15, -0.1) is 0 Å². The predicted molar refractivity (Wildman–Crippen MR) is 118 cm³/mol. The molecule has 3 aromatic rings. The van der Waals surface area contributed by atoms with Gasteiger partial charge in [0.2, 0.25) is 0 Å². The monoisotopic (exact) mass is 368 g/mol. The first-order chi connectivity index (χ1) is 13.7. The molecule has 28 heavy (non-hydrogen) atoms. The Hall–Kier alpha value is -3.26. The van der Waals surface area contributed by atoms with E-state index in [0.717, 1.165) is 22.6 Å². The Kier molecular flexibility index (Phi) is 5.03. The first-order valence-corrected chi connectivity index (χ1v) is 9.56. The number of aryl methyl sites for hydroxylation is 1. The lowest BCUT2D eigenvalue weighted by Gasteiger charge is -2.19. The topological polar surface area (TPSA) is 18.5 Å². The van der Waals surface area contributed by atoms with E-state index in [9.17, 15) is 0 Å². The van der Waals surface area contributed by atoms with E-state index in [2.05, 4.69) is 81.1 Å². The van der Waals surface area contributed by atoms with Crippen LogP contribution in [0.15, 0.2) is 61.2 Å². The molecule has 0 saturated heterocycles. The normalized spacial score (nSPS) is 12.9. The van der Waals surface area contributed by atoms with Crippen LogP contribution >= 0.6 is 0 Å². The van der Waals surface area contributed by atoms with Crippen molar-refractivity contribution in [2.75, 3.05) is 13.2 Å². The maximum atomic E-state index is 5.75. The Labute approximate surface area is 166 Å². The third-order valence-electron chi connectivity index (χ3n) is 5.21. The van der Waals surface area contributed by atoms with Gasteiger partial charge in [-0.25, -0.2) is 0 Å². The Bertz CT molecular complexity index is 1060. The fourth-order valence-electron chi connectivity index (χ4n) is 3.50. The van der Waals surface area contributed by atoms with Crippen LogP contribution in [0.3, 0.4) is 0 Å². The third-order valence-corrected chi connectivity index (χ3v) is 5.21. The molecule has 0 radical (unpaired) electrons. The minimum Gasteiger partial charge on any atom is -0.486 e. The van der Waals surface area contributed by atoms with Crippen molar-refractivity contribution in [3.05, 3.63) is 89.0 Å². The van der Waals surface area contributed by atoms with Crippen molar-refractivity contribution in [2.45, 2.75) is 13.8 Å². The van der Waals surface area contributed by atoms with Gasteiger partial charge < -0.3 is 9.47 Å². The lowest BCUT2D eigenvalue weighted by Crippen LogP contribution is -2.15. The van der Waals surface area contributed by atoms with E-state index in [1.165, 1.54) is 27.8 Å². The van der Waals surface area contributed by atoms with E-state index >= 15 is 0 Å². The van der Waals surface area contributed by atoms with Crippen LogP contribution in [-0.2, 0) is 0 Å². The predicted octanol–water partition coefficient (Wildman–Crippen LogP) is 6.56. The second kappa shape index (κ2) is 7.77. The molecule has 2 nitrogen and oxygen atoms in total. The Morgan fingerprint density at radius 1 is 0.821 bits per heavy atom. The quantitative estimate of drug-likeness (QED) is 0.486. The van der Waals surface area contributed by atoms with E-state index in [1.54, 1.807) is 0 Å². The smallest absolute Gasteiger partial charge is 0.161 e. The van der Waals surface area contributed by atoms with E-state index < -0.39 is 0 Å². The maximum Gasteiger partial charge on any atom is 0.161 e. The van der Waals surface area contributed by atoms with Gasteiger partial charge in [0, 0.05) is 0 Å². The van der Waals surface area contributed by atoms with Crippen LogP contribution in [0.2, 0.25) is 0 Å². The largest absolute Gasteiger partial charge is 0.486 e. The molecule has 0 N–H and O–H groups in total. The van der Waals surface area contributed by atoms with Crippen LogP contribution in [0, 0.1) is 13.8 Å². The van der Waals surface area contributed by atoms with Crippen molar-refractivity contribution in [1.82, 2.24) is 0 Å². The molecular formula is C26H24O2. The summed E-state index contributed by atoms with van der Waals surface area (Å²) in [5.74, 6) is 1.64. The number of ether oxygens (including phenoxy) is 2. The zero-order valence-corrected chi connectivity index (χ0v) is 16.4. The molecule has 0 aliphatic carbocycles. The van der Waals surface area contributed by atoms with Gasteiger partial charge in [0.05, 0.1) is 0 Å². The van der Waals surface area contributed by atoms with Gasteiger partial charge in [0.25, 0.3) is 0 Å².